The van der Waals surface area contributed by atoms with Crippen LogP contribution in [-0.2, 0) is 0 Å². The van der Waals surface area contributed by atoms with Crippen molar-refractivity contribution in [2.75, 3.05) is 0 Å². The van der Waals surface area contributed by atoms with Gasteiger partial charge in [0.15, 0.2) is 0 Å². The van der Waals surface area contributed by atoms with Crippen molar-refractivity contribution in [3.63, 3.8) is 0 Å². The van der Waals surface area contributed by atoms with Gasteiger partial charge in [0.25, 0.3) is 0 Å². The number of rotatable bonds is 1. The van der Waals surface area contributed by atoms with Crippen molar-refractivity contribution in [1.29, 1.82) is 0 Å². The average molecular weight is 351 g/mol. The van der Waals surface area contributed by atoms with Crippen LogP contribution in [-0.4, -0.2) is 14.5 Å². The van der Waals surface area contributed by atoms with Gasteiger partial charge in [0.1, 0.15) is 4.83 Å². The molecule has 0 fully saturated rings. The lowest BCUT2D eigenvalue weighted by Gasteiger charge is -2.05. The Morgan fingerprint density at radius 2 is 1.27 bits per heavy atom. The van der Waals surface area contributed by atoms with Gasteiger partial charge in [-0.3, -0.25) is 4.57 Å². The summed E-state index contributed by atoms with van der Waals surface area (Å²) in [4.78, 5) is 10.7. The second-order valence-corrected chi connectivity index (χ2v) is 7.39. The van der Waals surface area contributed by atoms with Gasteiger partial charge in [0.05, 0.1) is 11.0 Å². The maximum Gasteiger partial charge on any atom is 0.236 e. The van der Waals surface area contributed by atoms with Gasteiger partial charge in [-0.1, -0.05) is 54.6 Å². The van der Waals surface area contributed by atoms with Crippen molar-refractivity contribution in [3.05, 3.63) is 79.0 Å². The van der Waals surface area contributed by atoms with E-state index in [1.807, 2.05) is 6.20 Å². The molecule has 122 valence electrons. The lowest BCUT2D eigenvalue weighted by molar-refractivity contribution is 1.01. The Hall–Kier alpha value is -3.24. The van der Waals surface area contributed by atoms with E-state index in [0.29, 0.717) is 0 Å². The summed E-state index contributed by atoms with van der Waals surface area (Å²) >= 11 is 1.72. The molecular weight excluding hydrogens is 338 g/mol. The summed E-state index contributed by atoms with van der Waals surface area (Å²) in [6.07, 6.45) is 1.96. The number of aromatic nitrogens is 3. The van der Waals surface area contributed by atoms with Crippen molar-refractivity contribution in [2.24, 2.45) is 0 Å². The highest BCUT2D eigenvalue weighted by Crippen LogP contribution is 2.34. The monoisotopic (exact) mass is 351 g/mol. The fourth-order valence-electron chi connectivity index (χ4n) is 3.75. The molecule has 3 heterocycles. The Balaban J connectivity index is 1.73. The number of hydrogen-bond acceptors (Lipinski definition) is 3. The van der Waals surface area contributed by atoms with Crippen LogP contribution in [0.3, 0.4) is 0 Å². The molecule has 26 heavy (non-hydrogen) atoms. The first-order chi connectivity index (χ1) is 12.9. The maximum atomic E-state index is 4.93. The fourth-order valence-corrected chi connectivity index (χ4v) is 4.79. The van der Waals surface area contributed by atoms with E-state index >= 15 is 0 Å². The molecule has 6 aromatic rings. The summed E-state index contributed by atoms with van der Waals surface area (Å²) in [6, 6.07) is 25.3. The minimum atomic E-state index is 0.724. The highest BCUT2D eigenvalue weighted by molar-refractivity contribution is 7.25. The average Bonchev–Trinajstić information content (AvgIpc) is 3.23. The lowest BCUT2D eigenvalue weighted by Crippen LogP contribution is -1.99. The zero-order valence-electron chi connectivity index (χ0n) is 13.8. The van der Waals surface area contributed by atoms with Gasteiger partial charge in [-0.15, -0.1) is 11.3 Å². The standard InChI is InChI=1S/C22H13N3S/c1-4-10-18-14(7-1)15-8-2-5-11-19(15)25(18)22-23-13-17-16-9-3-6-12-20(16)26-21(17)24-22/h1-13H. The Bertz CT molecular complexity index is 1390. The number of nitrogens with zero attached hydrogens (tertiary/aromatic N) is 3. The molecule has 4 heteroatoms. The summed E-state index contributed by atoms with van der Waals surface area (Å²) in [5.41, 5.74) is 2.27. The number of benzene rings is 3. The predicted molar refractivity (Wildman–Crippen MR) is 109 cm³/mol. The number of para-hydroxylation sites is 2. The van der Waals surface area contributed by atoms with E-state index in [0.717, 1.165) is 27.2 Å². The normalized spacial score (nSPS) is 11.8. The molecule has 0 amide bonds. The van der Waals surface area contributed by atoms with Crippen LogP contribution >= 0.6 is 11.3 Å². The summed E-state index contributed by atoms with van der Waals surface area (Å²) < 4.78 is 3.41. The predicted octanol–water partition coefficient (Wildman–Crippen LogP) is 5.94. The maximum absolute atomic E-state index is 4.93. The molecule has 0 N–H and O–H groups in total. The SMILES string of the molecule is c1ccc2c(c1)sc1nc(-n3c4ccccc4c4ccccc43)ncc12. The van der Waals surface area contributed by atoms with Crippen LogP contribution in [0.25, 0.3) is 48.1 Å². The molecule has 6 rings (SSSR count). The zero-order valence-corrected chi connectivity index (χ0v) is 14.6. The van der Waals surface area contributed by atoms with E-state index < -0.39 is 0 Å². The van der Waals surface area contributed by atoms with Crippen LogP contribution in [0, 0.1) is 0 Å². The van der Waals surface area contributed by atoms with Crippen LogP contribution in [0.4, 0.5) is 0 Å². The molecular formula is C22H13N3S. The second kappa shape index (κ2) is 5.13. The minimum Gasteiger partial charge on any atom is -0.278 e. The topological polar surface area (TPSA) is 30.7 Å². The van der Waals surface area contributed by atoms with Gasteiger partial charge in [-0.25, -0.2) is 9.97 Å². The summed E-state index contributed by atoms with van der Waals surface area (Å²) in [5, 5.41) is 4.79. The third-order valence-corrected chi connectivity index (χ3v) is 5.99. The van der Waals surface area contributed by atoms with E-state index in [2.05, 4.69) is 77.4 Å². The van der Waals surface area contributed by atoms with Gasteiger partial charge < -0.3 is 0 Å². The van der Waals surface area contributed by atoms with E-state index in [1.165, 1.54) is 20.9 Å². The van der Waals surface area contributed by atoms with E-state index in [1.54, 1.807) is 11.3 Å². The molecule has 0 aliphatic carbocycles. The fraction of sp³-hybridized carbons (Fsp3) is 0. The number of fused-ring (bicyclic) bond motifs is 6. The molecule has 3 nitrogen and oxygen atoms in total. The zero-order chi connectivity index (χ0) is 17.1. The van der Waals surface area contributed by atoms with E-state index in [9.17, 15) is 0 Å². The molecule has 0 saturated heterocycles. The first kappa shape index (κ1) is 14.0. The van der Waals surface area contributed by atoms with Gasteiger partial charge in [0, 0.05) is 32.4 Å². The molecule has 0 aliphatic heterocycles. The smallest absolute Gasteiger partial charge is 0.236 e. The van der Waals surface area contributed by atoms with Crippen molar-refractivity contribution in [3.8, 4) is 5.95 Å². The first-order valence-electron chi connectivity index (χ1n) is 8.53. The molecule has 0 radical (unpaired) electrons. The lowest BCUT2D eigenvalue weighted by atomic mass is 10.2. The van der Waals surface area contributed by atoms with E-state index in [4.69, 9.17) is 9.97 Å². The van der Waals surface area contributed by atoms with Crippen molar-refractivity contribution in [1.82, 2.24) is 14.5 Å². The van der Waals surface area contributed by atoms with Gasteiger partial charge in [0.2, 0.25) is 5.95 Å². The Labute approximate surface area is 153 Å². The molecule has 0 spiro atoms. The Morgan fingerprint density at radius 3 is 2.00 bits per heavy atom. The minimum absolute atomic E-state index is 0.724. The molecule has 0 atom stereocenters. The molecule has 0 unspecified atom stereocenters. The highest BCUT2D eigenvalue weighted by Gasteiger charge is 2.14. The third kappa shape index (κ3) is 1.82. The molecule has 0 aliphatic rings. The van der Waals surface area contributed by atoms with Crippen molar-refractivity contribution >= 4 is 53.4 Å². The number of hydrogen-bond donors (Lipinski definition) is 0. The van der Waals surface area contributed by atoms with Crippen LogP contribution in [0.2, 0.25) is 0 Å². The Morgan fingerprint density at radius 1 is 0.654 bits per heavy atom. The number of thiophene rings is 1. The molecule has 0 bridgehead atoms. The quantitative estimate of drug-likeness (QED) is 0.367. The van der Waals surface area contributed by atoms with Crippen LogP contribution < -0.4 is 0 Å². The molecule has 3 aromatic carbocycles. The van der Waals surface area contributed by atoms with Crippen LogP contribution in [0.15, 0.2) is 79.0 Å². The molecule has 0 saturated carbocycles. The van der Waals surface area contributed by atoms with Gasteiger partial charge in [-0.2, -0.15) is 0 Å². The third-order valence-electron chi connectivity index (χ3n) is 4.91. The van der Waals surface area contributed by atoms with E-state index in [-0.39, 0.29) is 0 Å². The van der Waals surface area contributed by atoms with Crippen LogP contribution in [0.1, 0.15) is 0 Å². The highest BCUT2D eigenvalue weighted by atomic mass is 32.1. The second-order valence-electron chi connectivity index (χ2n) is 6.36. The van der Waals surface area contributed by atoms with Crippen molar-refractivity contribution < 1.29 is 0 Å². The summed E-state index contributed by atoms with van der Waals surface area (Å²) in [5.74, 6) is 0.724. The Kier molecular flexibility index (Phi) is 2.76. The van der Waals surface area contributed by atoms with Crippen molar-refractivity contribution in [2.45, 2.75) is 0 Å². The first-order valence-corrected chi connectivity index (χ1v) is 9.35. The largest absolute Gasteiger partial charge is 0.278 e. The van der Waals surface area contributed by atoms with Gasteiger partial charge >= 0.3 is 0 Å². The summed E-state index contributed by atoms with van der Waals surface area (Å²) in [6.45, 7) is 0. The van der Waals surface area contributed by atoms with Gasteiger partial charge in [-0.05, 0) is 18.2 Å². The van der Waals surface area contributed by atoms with Crippen LogP contribution in [0.5, 0.6) is 0 Å². The molecule has 3 aromatic heterocycles. The summed E-state index contributed by atoms with van der Waals surface area (Å²) in [7, 11) is 0.